The number of hydrogen-bond donors (Lipinski definition) is 6. The summed E-state index contributed by atoms with van der Waals surface area (Å²) < 4.78 is 61.4. The third-order valence-corrected chi connectivity index (χ3v) is 0. The third-order valence-electron chi connectivity index (χ3n) is 0. The van der Waals surface area contributed by atoms with Crippen molar-refractivity contribution in [2.24, 2.45) is 0 Å². The Morgan fingerprint density at radius 1 is 0.538 bits per heavy atom. The molecular formula is H6As2Co3O8. The van der Waals surface area contributed by atoms with Gasteiger partial charge in [0, 0.05) is 50.3 Å². The van der Waals surface area contributed by atoms with Crippen LogP contribution in [0.15, 0.2) is 0 Å². The van der Waals surface area contributed by atoms with Crippen LogP contribution in [0.4, 0.5) is 0 Å². The molecule has 91 valence electrons. The van der Waals surface area contributed by atoms with Crippen LogP contribution in [0.3, 0.4) is 0 Å². The van der Waals surface area contributed by atoms with Gasteiger partial charge in [0.25, 0.3) is 0 Å². The minimum Gasteiger partial charge on any atom is 0 e. The topological polar surface area (TPSA) is 156 Å². The summed E-state index contributed by atoms with van der Waals surface area (Å²) in [5.41, 5.74) is 0. The first-order valence-corrected chi connectivity index (χ1v) is 8.13. The molecule has 0 unspecified atom stereocenters. The quantitative estimate of drug-likeness (QED) is 0.198. The first kappa shape index (κ1) is 29.4. The first-order chi connectivity index (χ1) is 4.00. The molecule has 0 aromatic carbocycles. The van der Waals surface area contributed by atoms with Crippen LogP contribution in [0, 0.1) is 0 Å². The van der Waals surface area contributed by atoms with Gasteiger partial charge in [-0.15, -0.1) is 0 Å². The summed E-state index contributed by atoms with van der Waals surface area (Å²) >= 11 is -10.2. The summed E-state index contributed by atoms with van der Waals surface area (Å²) in [5, 5.41) is 0. The van der Waals surface area contributed by atoms with Gasteiger partial charge in [-0.1, -0.05) is 0 Å². The van der Waals surface area contributed by atoms with Gasteiger partial charge in [-0.05, 0) is 0 Å². The largest absolute Gasteiger partial charge is 0 e. The van der Waals surface area contributed by atoms with E-state index in [4.69, 9.17) is 32.1 Å². The van der Waals surface area contributed by atoms with Crippen molar-refractivity contribution in [1.29, 1.82) is 0 Å². The summed E-state index contributed by atoms with van der Waals surface area (Å²) in [6.07, 6.45) is 0. The zero-order chi connectivity index (χ0) is 9.00. The minimum atomic E-state index is -5.12. The van der Waals surface area contributed by atoms with E-state index in [1.54, 1.807) is 0 Å². The van der Waals surface area contributed by atoms with Crippen LogP contribution < -0.4 is 0 Å². The second-order valence-electron chi connectivity index (χ2n) is 1.03. The maximum absolute atomic E-state index is 8.94. The van der Waals surface area contributed by atoms with Crippen molar-refractivity contribution >= 4 is 29.0 Å². The standard InChI is InChI=1S/2AsH3O4.3Co/c2*2-1(3,4)5;;;/h2*(H3,2,3,4,5);;;. The average Bonchev–Trinajstić information content (AvgIpc) is 1.12. The maximum Gasteiger partial charge on any atom is 0 e. The van der Waals surface area contributed by atoms with Gasteiger partial charge in [0.1, 0.15) is 0 Å². The van der Waals surface area contributed by atoms with E-state index >= 15 is 0 Å². The van der Waals surface area contributed by atoms with E-state index in [1.165, 1.54) is 0 Å². The molecule has 0 aliphatic carbocycles. The molecule has 0 aromatic heterocycles. The van der Waals surface area contributed by atoms with Crippen molar-refractivity contribution in [3.63, 3.8) is 0 Å². The monoisotopic (exact) mass is 461 g/mol. The molecule has 0 aliphatic rings. The second kappa shape index (κ2) is 12.1. The van der Waals surface area contributed by atoms with E-state index < -0.39 is 29.0 Å². The predicted molar refractivity (Wildman–Crippen MR) is 26.2 cm³/mol. The molecule has 0 aliphatic heterocycles. The Balaban J connectivity index is -0.0000000267. The normalized spacial score (nSPS) is 9.08. The van der Waals surface area contributed by atoms with Gasteiger partial charge in [0.15, 0.2) is 0 Å². The van der Waals surface area contributed by atoms with Crippen molar-refractivity contribution in [2.75, 3.05) is 0 Å². The Bertz CT molecular complexity index is 130. The van der Waals surface area contributed by atoms with E-state index in [2.05, 4.69) is 0 Å². The Kier molecular flexibility index (Phi) is 27.3. The zero-order valence-electron chi connectivity index (χ0n) is 5.39. The molecule has 0 aromatic rings. The summed E-state index contributed by atoms with van der Waals surface area (Å²) in [7, 11) is 0. The van der Waals surface area contributed by atoms with Gasteiger partial charge >= 0.3 is 61.1 Å². The van der Waals surface area contributed by atoms with Crippen molar-refractivity contribution < 1.29 is 82.4 Å². The van der Waals surface area contributed by atoms with E-state index in [9.17, 15) is 0 Å². The SMILES string of the molecule is O=[As](O)(O)O.O=[As](O)(O)O.[Co].[Co].[Co]. The van der Waals surface area contributed by atoms with Gasteiger partial charge < -0.3 is 0 Å². The molecule has 0 rings (SSSR count). The van der Waals surface area contributed by atoms with Crippen LogP contribution in [-0.4, -0.2) is 53.6 Å². The molecule has 0 bridgehead atoms. The predicted octanol–water partition coefficient (Wildman–Crippen LogP) is -4.35. The fourth-order valence-electron chi connectivity index (χ4n) is 0. The van der Waals surface area contributed by atoms with E-state index in [0.29, 0.717) is 0 Å². The van der Waals surface area contributed by atoms with Crippen molar-refractivity contribution in [1.82, 2.24) is 0 Å². The average molecular weight is 461 g/mol. The van der Waals surface area contributed by atoms with Crippen LogP contribution >= 0.6 is 0 Å². The second-order valence-corrected chi connectivity index (χ2v) is 5.33. The molecule has 0 saturated carbocycles. The van der Waals surface area contributed by atoms with Gasteiger partial charge in [0.2, 0.25) is 0 Å². The van der Waals surface area contributed by atoms with Gasteiger partial charge in [-0.3, -0.25) is 0 Å². The van der Waals surface area contributed by atoms with Gasteiger partial charge in [0.05, 0.1) is 0 Å². The van der Waals surface area contributed by atoms with Crippen LogP contribution in [0.25, 0.3) is 0 Å². The third kappa shape index (κ3) is 505. The number of rotatable bonds is 0. The fourth-order valence-corrected chi connectivity index (χ4v) is 0. The summed E-state index contributed by atoms with van der Waals surface area (Å²) in [4.78, 5) is 0. The zero-order valence-corrected chi connectivity index (χ0v) is 12.3. The smallest absolute Gasteiger partial charge is 0 e. The molecule has 13 heteroatoms. The molecule has 3 radical (unpaired) electrons. The van der Waals surface area contributed by atoms with Crippen LogP contribution in [0.2, 0.25) is 0 Å². The molecule has 0 spiro atoms. The van der Waals surface area contributed by atoms with Gasteiger partial charge in [-0.25, -0.2) is 0 Å². The summed E-state index contributed by atoms with van der Waals surface area (Å²) in [5.74, 6) is 0. The summed E-state index contributed by atoms with van der Waals surface area (Å²) in [6, 6.07) is 0. The summed E-state index contributed by atoms with van der Waals surface area (Å²) in [6.45, 7) is 0. The van der Waals surface area contributed by atoms with E-state index in [1.807, 2.05) is 0 Å². The van der Waals surface area contributed by atoms with Crippen molar-refractivity contribution in [3.05, 3.63) is 0 Å². The van der Waals surface area contributed by atoms with Gasteiger partial charge in [-0.2, -0.15) is 0 Å². The van der Waals surface area contributed by atoms with Crippen LogP contribution in [-0.2, 0) is 57.8 Å². The Morgan fingerprint density at radius 3 is 0.538 bits per heavy atom. The molecule has 6 N–H and O–H groups in total. The minimum absolute atomic E-state index is 0. The van der Waals surface area contributed by atoms with Crippen LogP contribution in [0.5, 0.6) is 0 Å². The molecule has 0 heterocycles. The molecule has 0 fully saturated rings. The first-order valence-electron chi connectivity index (χ1n) is 1.57. The molecule has 8 nitrogen and oxygen atoms in total. The van der Waals surface area contributed by atoms with Crippen molar-refractivity contribution in [2.45, 2.75) is 0 Å². The molecule has 0 saturated heterocycles. The molecule has 0 atom stereocenters. The number of hydrogen-bond acceptors (Lipinski definition) is 2. The van der Waals surface area contributed by atoms with Crippen LogP contribution in [0.1, 0.15) is 0 Å². The molecule has 0 amide bonds. The van der Waals surface area contributed by atoms with Crippen molar-refractivity contribution in [3.8, 4) is 0 Å². The van der Waals surface area contributed by atoms with E-state index in [-0.39, 0.29) is 50.3 Å². The Morgan fingerprint density at radius 2 is 0.538 bits per heavy atom. The maximum atomic E-state index is 8.94. The Labute approximate surface area is 110 Å². The Hall–Kier alpha value is 2.00. The van der Waals surface area contributed by atoms with E-state index in [0.717, 1.165) is 0 Å². The molecule has 13 heavy (non-hydrogen) atoms. The fraction of sp³-hybridized carbons (Fsp3) is 0. The molecular weight excluding hydrogens is 455 g/mol.